The van der Waals surface area contributed by atoms with E-state index in [4.69, 9.17) is 4.52 Å². The van der Waals surface area contributed by atoms with Crippen LogP contribution in [0.1, 0.15) is 39.0 Å². The number of nitrogens with zero attached hydrogens (tertiary/aromatic N) is 3. The molecule has 1 saturated heterocycles. The molecule has 0 spiro atoms. The van der Waals surface area contributed by atoms with E-state index in [0.29, 0.717) is 43.2 Å². The van der Waals surface area contributed by atoms with Gasteiger partial charge in [-0.1, -0.05) is 12.1 Å². The molecule has 1 unspecified atom stereocenters. The number of carbonyl (C=O) groups excluding carboxylic acids is 1. The van der Waals surface area contributed by atoms with Gasteiger partial charge in [-0.05, 0) is 32.3 Å². The number of sulfonamides is 1. The monoisotopic (exact) mass is 412 g/mol. The number of aromatic nitrogens is 2. The number of hydrogen-bond donors (Lipinski definition) is 1. The molecule has 0 bridgehead atoms. The number of amides is 1. The maximum absolute atomic E-state index is 12.9. The predicted molar refractivity (Wildman–Crippen MR) is 102 cm³/mol. The molecular formula is C17H24N4O4S2. The van der Waals surface area contributed by atoms with Crippen LogP contribution in [0.3, 0.4) is 0 Å². The molecule has 0 aromatic carbocycles. The Morgan fingerprint density at radius 1 is 1.44 bits per heavy atom. The molecule has 148 valence electrons. The number of rotatable bonds is 6. The van der Waals surface area contributed by atoms with Gasteiger partial charge in [0.1, 0.15) is 4.21 Å². The third kappa shape index (κ3) is 4.39. The summed E-state index contributed by atoms with van der Waals surface area (Å²) < 4.78 is 32.5. The minimum Gasteiger partial charge on any atom is -0.353 e. The van der Waals surface area contributed by atoms with E-state index in [9.17, 15) is 13.2 Å². The topological polar surface area (TPSA) is 105 Å². The van der Waals surface area contributed by atoms with Crippen LogP contribution >= 0.6 is 11.3 Å². The molecular weight excluding hydrogens is 388 g/mol. The van der Waals surface area contributed by atoms with Crippen molar-refractivity contribution >= 4 is 27.3 Å². The fourth-order valence-corrected chi connectivity index (χ4v) is 5.71. The molecule has 2 aromatic heterocycles. The van der Waals surface area contributed by atoms with Crippen LogP contribution < -0.4 is 5.32 Å². The van der Waals surface area contributed by atoms with Crippen molar-refractivity contribution < 1.29 is 17.7 Å². The molecule has 1 amide bonds. The van der Waals surface area contributed by atoms with Crippen molar-refractivity contribution in [3.8, 4) is 11.4 Å². The van der Waals surface area contributed by atoms with Gasteiger partial charge in [0.25, 0.3) is 10.0 Å². The van der Waals surface area contributed by atoms with Crippen molar-refractivity contribution in [2.75, 3.05) is 13.1 Å². The number of carbonyl (C=O) groups is 1. The maximum atomic E-state index is 12.9. The van der Waals surface area contributed by atoms with E-state index < -0.39 is 10.0 Å². The average molecular weight is 413 g/mol. The van der Waals surface area contributed by atoms with Crippen LogP contribution in [-0.4, -0.2) is 47.9 Å². The van der Waals surface area contributed by atoms with E-state index in [-0.39, 0.29) is 22.1 Å². The molecule has 3 heterocycles. The lowest BCUT2D eigenvalue weighted by Gasteiger charge is -2.30. The predicted octanol–water partition coefficient (Wildman–Crippen LogP) is 2.42. The molecule has 1 atom stereocenters. The molecule has 0 saturated carbocycles. The molecule has 27 heavy (non-hydrogen) atoms. The molecule has 1 aliphatic rings. The van der Waals surface area contributed by atoms with Gasteiger partial charge >= 0.3 is 0 Å². The molecule has 3 rings (SSSR count). The van der Waals surface area contributed by atoms with Crippen molar-refractivity contribution in [3.63, 3.8) is 0 Å². The highest BCUT2D eigenvalue weighted by molar-refractivity contribution is 7.91. The second-order valence-corrected chi connectivity index (χ2v) is 9.86. The molecule has 0 radical (unpaired) electrons. The van der Waals surface area contributed by atoms with Crippen LogP contribution in [0.4, 0.5) is 0 Å². The Hall–Kier alpha value is -1.78. The summed E-state index contributed by atoms with van der Waals surface area (Å²) in [7, 11) is -3.59. The Morgan fingerprint density at radius 2 is 2.15 bits per heavy atom. The van der Waals surface area contributed by atoms with Crippen molar-refractivity contribution in [2.24, 2.45) is 5.92 Å². The molecule has 1 aliphatic heterocycles. The Labute approximate surface area is 163 Å². The number of nitrogens with one attached hydrogen (secondary N) is 1. The number of thiophene rings is 1. The second-order valence-electron chi connectivity index (χ2n) is 6.79. The highest BCUT2D eigenvalue weighted by atomic mass is 32.2. The molecule has 2 aromatic rings. The summed E-state index contributed by atoms with van der Waals surface area (Å²) in [6.07, 6.45) is 1.94. The number of aryl methyl sites for hydroxylation is 1. The minimum absolute atomic E-state index is 0.0206. The summed E-state index contributed by atoms with van der Waals surface area (Å²) >= 11 is 1.14. The van der Waals surface area contributed by atoms with Gasteiger partial charge in [0.2, 0.25) is 17.6 Å². The summed E-state index contributed by atoms with van der Waals surface area (Å²) in [6.45, 7) is 6.36. The van der Waals surface area contributed by atoms with E-state index in [2.05, 4.69) is 15.5 Å². The van der Waals surface area contributed by atoms with Gasteiger partial charge in [0, 0.05) is 42.9 Å². The van der Waals surface area contributed by atoms with Gasteiger partial charge in [-0.25, -0.2) is 8.42 Å². The summed E-state index contributed by atoms with van der Waals surface area (Å²) in [5.41, 5.74) is 0.623. The lowest BCUT2D eigenvalue weighted by atomic mass is 9.97. The van der Waals surface area contributed by atoms with Crippen LogP contribution in [0.25, 0.3) is 11.4 Å². The average Bonchev–Trinajstić information content (AvgIpc) is 3.31. The van der Waals surface area contributed by atoms with Crippen molar-refractivity contribution in [1.82, 2.24) is 19.8 Å². The van der Waals surface area contributed by atoms with E-state index in [1.54, 1.807) is 18.4 Å². The lowest BCUT2D eigenvalue weighted by molar-refractivity contribution is -0.126. The van der Waals surface area contributed by atoms with Crippen LogP contribution in [-0.2, 0) is 14.8 Å². The van der Waals surface area contributed by atoms with Crippen LogP contribution in [0.15, 0.2) is 20.2 Å². The number of hydrogen-bond acceptors (Lipinski definition) is 7. The fraction of sp³-hybridized carbons (Fsp3) is 0.588. The molecule has 8 nitrogen and oxygen atoms in total. The lowest BCUT2D eigenvalue weighted by Crippen LogP contribution is -2.44. The Morgan fingerprint density at radius 3 is 2.74 bits per heavy atom. The normalized spacial score (nSPS) is 17.7. The van der Waals surface area contributed by atoms with Crippen LogP contribution in [0, 0.1) is 12.8 Å². The largest absolute Gasteiger partial charge is 0.353 e. The van der Waals surface area contributed by atoms with Gasteiger partial charge < -0.3 is 9.84 Å². The molecule has 1 N–H and O–H groups in total. The Bertz CT molecular complexity index is 898. The minimum atomic E-state index is -3.59. The first-order chi connectivity index (χ1) is 12.8. The summed E-state index contributed by atoms with van der Waals surface area (Å²) in [6, 6.07) is 1.71. The van der Waals surface area contributed by atoms with Gasteiger partial charge in [-0.2, -0.15) is 9.29 Å². The van der Waals surface area contributed by atoms with E-state index >= 15 is 0 Å². The van der Waals surface area contributed by atoms with E-state index in [1.165, 1.54) is 4.31 Å². The zero-order chi connectivity index (χ0) is 19.6. The summed E-state index contributed by atoms with van der Waals surface area (Å²) in [5, 5.41) is 8.51. The SMILES string of the molecule is CCC(C)NC(=O)C1CCN(S(=O)(=O)c2cc(-c3noc(C)n3)cs2)CC1. The van der Waals surface area contributed by atoms with Crippen molar-refractivity contribution in [2.45, 2.75) is 50.3 Å². The first kappa shape index (κ1) is 20.0. The van der Waals surface area contributed by atoms with Gasteiger partial charge in [0.05, 0.1) is 0 Å². The van der Waals surface area contributed by atoms with Gasteiger partial charge in [0.15, 0.2) is 0 Å². The second kappa shape index (κ2) is 8.07. The smallest absolute Gasteiger partial charge is 0.252 e. The molecule has 0 aliphatic carbocycles. The van der Waals surface area contributed by atoms with E-state index in [1.807, 2.05) is 13.8 Å². The van der Waals surface area contributed by atoms with Crippen LogP contribution in [0.2, 0.25) is 0 Å². The summed E-state index contributed by atoms with van der Waals surface area (Å²) in [4.78, 5) is 16.4. The van der Waals surface area contributed by atoms with Crippen molar-refractivity contribution in [3.05, 3.63) is 17.3 Å². The van der Waals surface area contributed by atoms with Gasteiger partial charge in [-0.15, -0.1) is 11.3 Å². The molecule has 10 heteroatoms. The maximum Gasteiger partial charge on any atom is 0.252 e. The third-order valence-corrected chi connectivity index (χ3v) is 8.09. The first-order valence-corrected chi connectivity index (χ1v) is 11.3. The zero-order valence-electron chi connectivity index (χ0n) is 15.6. The Balaban J connectivity index is 1.65. The van der Waals surface area contributed by atoms with Gasteiger partial charge in [-0.3, -0.25) is 4.79 Å². The van der Waals surface area contributed by atoms with E-state index in [0.717, 1.165) is 17.8 Å². The highest BCUT2D eigenvalue weighted by Gasteiger charge is 2.33. The quantitative estimate of drug-likeness (QED) is 0.781. The third-order valence-electron chi connectivity index (χ3n) is 4.78. The number of piperidine rings is 1. The van der Waals surface area contributed by atoms with Crippen LogP contribution in [0.5, 0.6) is 0 Å². The highest BCUT2D eigenvalue weighted by Crippen LogP contribution is 2.31. The first-order valence-electron chi connectivity index (χ1n) is 9.01. The standard InChI is InChI=1S/C17H24N4O4S2/c1-4-11(2)18-17(22)13-5-7-21(8-6-13)27(23,24)15-9-14(10-26-15)16-19-12(3)25-20-16/h9-11,13H,4-8H2,1-3H3,(H,18,22). The Kier molecular flexibility index (Phi) is 5.97. The van der Waals surface area contributed by atoms with Crippen molar-refractivity contribution in [1.29, 1.82) is 0 Å². The fourth-order valence-electron chi connectivity index (χ4n) is 2.93. The summed E-state index contributed by atoms with van der Waals surface area (Å²) in [5.74, 6) is 0.697. The zero-order valence-corrected chi connectivity index (χ0v) is 17.3. The molecule has 1 fully saturated rings.